The molecule has 26 heavy (non-hydrogen) atoms. The molecule has 9 atom stereocenters. The first-order valence-electron chi connectivity index (χ1n) is 9.45. The van der Waals surface area contributed by atoms with E-state index >= 15 is 0 Å². The average Bonchev–Trinajstić information content (AvgIpc) is 2.60. The van der Waals surface area contributed by atoms with E-state index in [-0.39, 0.29) is 6.61 Å². The van der Waals surface area contributed by atoms with Gasteiger partial charge in [0.1, 0.15) is 24.4 Å². The summed E-state index contributed by atoms with van der Waals surface area (Å²) in [6, 6.07) is 0. The lowest BCUT2D eigenvalue weighted by molar-refractivity contribution is -0.306. The monoisotopic (exact) mass is 379 g/mol. The SMILES string of the molecule is CCC.CN[C@@]1(C)C[C@H](O[C@@H]2[C@@H](O)[C@H](O)[C@@H](CO)O[C@H]2C)O[C@@H](C)[C@H]1O. The van der Waals surface area contributed by atoms with Crippen molar-refractivity contribution in [1.29, 1.82) is 0 Å². The van der Waals surface area contributed by atoms with Gasteiger partial charge in [0.25, 0.3) is 0 Å². The van der Waals surface area contributed by atoms with Gasteiger partial charge in [-0.1, -0.05) is 20.3 Å². The van der Waals surface area contributed by atoms with Crippen LogP contribution >= 0.6 is 0 Å². The maximum atomic E-state index is 10.3. The molecule has 156 valence electrons. The molecule has 0 spiro atoms. The molecule has 0 aromatic rings. The Morgan fingerprint density at radius 2 is 1.65 bits per heavy atom. The summed E-state index contributed by atoms with van der Waals surface area (Å²) in [7, 11) is 1.76. The summed E-state index contributed by atoms with van der Waals surface area (Å²) >= 11 is 0. The van der Waals surface area contributed by atoms with E-state index in [0.717, 1.165) is 0 Å². The maximum absolute atomic E-state index is 10.3. The quantitative estimate of drug-likeness (QED) is 0.454. The van der Waals surface area contributed by atoms with Gasteiger partial charge in [0.15, 0.2) is 6.29 Å². The first-order chi connectivity index (χ1) is 12.1. The van der Waals surface area contributed by atoms with Gasteiger partial charge in [-0.15, -0.1) is 0 Å². The summed E-state index contributed by atoms with van der Waals surface area (Å²) in [5, 5.41) is 42.8. The van der Waals surface area contributed by atoms with Crippen molar-refractivity contribution in [3.63, 3.8) is 0 Å². The first-order valence-corrected chi connectivity index (χ1v) is 9.45. The Hall–Kier alpha value is -0.320. The van der Waals surface area contributed by atoms with Crippen LogP contribution in [0.3, 0.4) is 0 Å². The minimum Gasteiger partial charge on any atom is -0.394 e. The fourth-order valence-corrected chi connectivity index (χ4v) is 3.32. The third kappa shape index (κ3) is 5.36. The molecule has 2 heterocycles. The zero-order valence-corrected chi connectivity index (χ0v) is 16.8. The van der Waals surface area contributed by atoms with Gasteiger partial charge in [0.2, 0.25) is 0 Å². The number of hydrogen-bond acceptors (Lipinski definition) is 8. The second-order valence-electron chi connectivity index (χ2n) is 7.44. The van der Waals surface area contributed by atoms with Crippen molar-refractivity contribution in [3.8, 4) is 0 Å². The van der Waals surface area contributed by atoms with Crippen molar-refractivity contribution in [2.24, 2.45) is 0 Å². The van der Waals surface area contributed by atoms with E-state index in [0.29, 0.717) is 6.42 Å². The molecule has 0 aromatic carbocycles. The highest BCUT2D eigenvalue weighted by Crippen LogP contribution is 2.32. The van der Waals surface area contributed by atoms with Gasteiger partial charge in [0, 0.05) is 12.0 Å². The number of ether oxygens (including phenoxy) is 3. The van der Waals surface area contributed by atoms with E-state index in [1.807, 2.05) is 6.92 Å². The van der Waals surface area contributed by atoms with Crippen LogP contribution in [0.4, 0.5) is 0 Å². The summed E-state index contributed by atoms with van der Waals surface area (Å²) in [6.07, 6.45) is -4.74. The lowest BCUT2D eigenvalue weighted by Crippen LogP contribution is -2.64. The molecule has 2 aliphatic heterocycles. The zero-order valence-electron chi connectivity index (χ0n) is 16.8. The third-order valence-electron chi connectivity index (χ3n) is 5.03. The second-order valence-corrected chi connectivity index (χ2v) is 7.44. The maximum Gasteiger partial charge on any atom is 0.160 e. The summed E-state index contributed by atoms with van der Waals surface area (Å²) in [5.41, 5.74) is -0.585. The fourth-order valence-electron chi connectivity index (χ4n) is 3.32. The summed E-state index contributed by atoms with van der Waals surface area (Å²) in [4.78, 5) is 0. The molecule has 0 aromatic heterocycles. The molecule has 0 saturated carbocycles. The van der Waals surface area contributed by atoms with E-state index in [9.17, 15) is 20.4 Å². The molecule has 0 amide bonds. The number of rotatable bonds is 4. The molecule has 0 bridgehead atoms. The zero-order chi connectivity index (χ0) is 20.1. The van der Waals surface area contributed by atoms with E-state index in [4.69, 9.17) is 14.2 Å². The Bertz CT molecular complexity index is 413. The molecular weight excluding hydrogens is 342 g/mol. The largest absolute Gasteiger partial charge is 0.394 e. The second kappa shape index (κ2) is 10.3. The van der Waals surface area contributed by atoms with Gasteiger partial charge in [-0.25, -0.2) is 0 Å². The lowest BCUT2D eigenvalue weighted by Gasteiger charge is -2.48. The van der Waals surface area contributed by atoms with Crippen LogP contribution in [0.2, 0.25) is 0 Å². The van der Waals surface area contributed by atoms with Crippen molar-refractivity contribution < 1.29 is 34.6 Å². The minimum atomic E-state index is -1.23. The Kier molecular flexibility index (Phi) is 9.38. The number of likely N-dealkylation sites (N-methyl/N-ethyl adjacent to an activating group) is 1. The van der Waals surface area contributed by atoms with E-state index in [2.05, 4.69) is 19.2 Å². The molecule has 0 aliphatic carbocycles. The molecule has 8 heteroatoms. The molecule has 2 rings (SSSR count). The van der Waals surface area contributed by atoms with Gasteiger partial charge in [-0.3, -0.25) is 0 Å². The minimum absolute atomic E-state index is 0.379. The van der Waals surface area contributed by atoms with Crippen LogP contribution < -0.4 is 5.32 Å². The summed E-state index contributed by atoms with van der Waals surface area (Å²) in [5.74, 6) is 0. The predicted octanol–water partition coefficient (Wildman–Crippen LogP) is -0.237. The molecule has 0 unspecified atom stereocenters. The number of nitrogens with one attached hydrogen (secondary N) is 1. The van der Waals surface area contributed by atoms with Crippen LogP contribution in [-0.4, -0.2) is 88.6 Å². The molecule has 5 N–H and O–H groups in total. The Balaban J connectivity index is 0.00000105. The smallest absolute Gasteiger partial charge is 0.160 e. The Morgan fingerprint density at radius 3 is 2.15 bits per heavy atom. The van der Waals surface area contributed by atoms with Crippen LogP contribution in [0, 0.1) is 0 Å². The van der Waals surface area contributed by atoms with Gasteiger partial charge in [0.05, 0.1) is 24.9 Å². The van der Waals surface area contributed by atoms with E-state index in [1.165, 1.54) is 6.42 Å². The first kappa shape index (κ1) is 23.7. The topological polar surface area (TPSA) is 121 Å². The van der Waals surface area contributed by atoms with Crippen LogP contribution in [0.25, 0.3) is 0 Å². The number of aliphatic hydroxyl groups excluding tert-OH is 4. The van der Waals surface area contributed by atoms with Gasteiger partial charge in [-0.05, 0) is 27.8 Å². The van der Waals surface area contributed by atoms with Gasteiger partial charge >= 0.3 is 0 Å². The molecule has 8 nitrogen and oxygen atoms in total. The summed E-state index contributed by atoms with van der Waals surface area (Å²) < 4.78 is 17.0. The highest BCUT2D eigenvalue weighted by Gasteiger charge is 2.48. The van der Waals surface area contributed by atoms with Crippen molar-refractivity contribution in [1.82, 2.24) is 5.32 Å². The highest BCUT2D eigenvalue weighted by atomic mass is 16.7. The Morgan fingerprint density at radius 1 is 1.08 bits per heavy atom. The highest BCUT2D eigenvalue weighted by molar-refractivity contribution is 4.98. The number of aliphatic hydroxyl groups is 4. The van der Waals surface area contributed by atoms with Crippen LogP contribution in [0.15, 0.2) is 0 Å². The van der Waals surface area contributed by atoms with E-state index < -0.39 is 54.6 Å². The van der Waals surface area contributed by atoms with Gasteiger partial charge in [-0.2, -0.15) is 0 Å². The van der Waals surface area contributed by atoms with Crippen molar-refractivity contribution in [2.45, 2.75) is 102 Å². The molecule has 2 saturated heterocycles. The van der Waals surface area contributed by atoms with Crippen molar-refractivity contribution in [2.75, 3.05) is 13.7 Å². The van der Waals surface area contributed by atoms with Crippen molar-refractivity contribution >= 4 is 0 Å². The molecule has 0 radical (unpaired) electrons. The van der Waals surface area contributed by atoms with E-state index in [1.54, 1.807) is 20.9 Å². The van der Waals surface area contributed by atoms with Gasteiger partial charge < -0.3 is 40.0 Å². The fraction of sp³-hybridized carbons (Fsp3) is 1.00. The predicted molar refractivity (Wildman–Crippen MR) is 96.7 cm³/mol. The molecule has 2 aliphatic rings. The third-order valence-corrected chi connectivity index (χ3v) is 5.03. The lowest BCUT2D eigenvalue weighted by atomic mass is 9.85. The summed E-state index contributed by atoms with van der Waals surface area (Å²) in [6.45, 7) is 9.21. The normalized spacial score (nSPS) is 46.4. The Labute approximate surface area is 156 Å². The number of hydrogen-bond donors (Lipinski definition) is 5. The van der Waals surface area contributed by atoms with Crippen LogP contribution in [0.5, 0.6) is 0 Å². The van der Waals surface area contributed by atoms with Crippen molar-refractivity contribution in [3.05, 3.63) is 0 Å². The molecule has 2 fully saturated rings. The molecular formula is C18H37NO7. The standard InChI is InChI=1S/C15H29NO7.C3H8/c1-7-13(12(19)11(18)9(6-17)21-7)23-10-5-15(3,16-4)14(20)8(2)22-10;1-3-2/h7-14,16-20H,5-6H2,1-4H3;3H2,1-2H3/t7-,8-,9+,10-,11+,12-,13-,14+,15-;/m0./s1. The average molecular weight is 379 g/mol. The van der Waals surface area contributed by atoms with Crippen LogP contribution in [0.1, 0.15) is 47.5 Å². The van der Waals surface area contributed by atoms with Crippen LogP contribution in [-0.2, 0) is 14.2 Å².